The van der Waals surface area contributed by atoms with Gasteiger partial charge in [-0.1, -0.05) is 6.07 Å². The molecule has 8 heteroatoms. The molecule has 1 aliphatic heterocycles. The number of carbonyl (C=O) groups is 2. The van der Waals surface area contributed by atoms with Crippen molar-refractivity contribution >= 4 is 33.4 Å². The summed E-state index contributed by atoms with van der Waals surface area (Å²) in [6.07, 6.45) is 3.18. The summed E-state index contributed by atoms with van der Waals surface area (Å²) >= 11 is 3.31. The molecule has 0 aliphatic carbocycles. The molecule has 2 amide bonds. The predicted octanol–water partition coefficient (Wildman–Crippen LogP) is 2.38. The lowest BCUT2D eigenvalue weighted by Crippen LogP contribution is -2.50. The fourth-order valence-corrected chi connectivity index (χ4v) is 3.16. The van der Waals surface area contributed by atoms with Gasteiger partial charge in [-0.15, -0.1) is 0 Å². The number of nitrogens with one attached hydrogen (secondary N) is 1. The van der Waals surface area contributed by atoms with E-state index >= 15 is 0 Å². The van der Waals surface area contributed by atoms with Gasteiger partial charge in [0.05, 0.1) is 12.1 Å². The van der Waals surface area contributed by atoms with Crippen molar-refractivity contribution in [3.05, 3.63) is 58.6 Å². The summed E-state index contributed by atoms with van der Waals surface area (Å²) in [6.45, 7) is 2.49. The second-order valence-corrected chi connectivity index (χ2v) is 6.93. The van der Waals surface area contributed by atoms with Crippen LogP contribution in [-0.4, -0.2) is 59.3 Å². The Morgan fingerprint density at radius 2 is 1.92 bits per heavy atom. The first-order valence-corrected chi connectivity index (χ1v) is 8.98. The number of hydrogen-bond donors (Lipinski definition) is 1. The maximum Gasteiger partial charge on any atom is 0.255 e. The molecule has 1 aromatic carbocycles. The normalized spacial score (nSPS) is 14.9. The van der Waals surface area contributed by atoms with Gasteiger partial charge in [0, 0.05) is 48.7 Å². The molecule has 1 saturated heterocycles. The third-order valence-electron chi connectivity index (χ3n) is 4.09. The summed E-state index contributed by atoms with van der Waals surface area (Å²) < 4.78 is 13.9. The summed E-state index contributed by atoms with van der Waals surface area (Å²) in [5.74, 6) is -0.661. The van der Waals surface area contributed by atoms with E-state index in [-0.39, 0.29) is 18.4 Å². The Kier molecular flexibility index (Phi) is 5.95. The van der Waals surface area contributed by atoms with Crippen molar-refractivity contribution in [3.8, 4) is 0 Å². The fourth-order valence-electron chi connectivity index (χ4n) is 2.79. The molecule has 1 aromatic heterocycles. The Labute approximate surface area is 159 Å². The number of nitrogens with zero attached hydrogens (tertiary/aromatic N) is 3. The molecule has 0 radical (unpaired) electrons. The zero-order valence-corrected chi connectivity index (χ0v) is 15.6. The Morgan fingerprint density at radius 1 is 1.15 bits per heavy atom. The van der Waals surface area contributed by atoms with Crippen molar-refractivity contribution in [2.24, 2.45) is 0 Å². The summed E-state index contributed by atoms with van der Waals surface area (Å²) in [5.41, 5.74) is 0.975. The zero-order valence-electron chi connectivity index (χ0n) is 14.0. The summed E-state index contributed by atoms with van der Waals surface area (Å²) in [5, 5.41) is 2.68. The van der Waals surface area contributed by atoms with Crippen LogP contribution in [-0.2, 0) is 4.79 Å². The molecule has 3 rings (SSSR count). The minimum atomic E-state index is -0.392. The molecule has 136 valence electrons. The van der Waals surface area contributed by atoms with E-state index in [1.807, 2.05) is 4.90 Å². The average molecular weight is 421 g/mol. The molecule has 0 bridgehead atoms. The number of anilines is 1. The van der Waals surface area contributed by atoms with Crippen molar-refractivity contribution in [1.82, 2.24) is 14.8 Å². The molecule has 6 nitrogen and oxygen atoms in total. The molecule has 0 atom stereocenters. The van der Waals surface area contributed by atoms with Crippen molar-refractivity contribution in [2.75, 3.05) is 38.0 Å². The monoisotopic (exact) mass is 420 g/mol. The van der Waals surface area contributed by atoms with E-state index in [2.05, 4.69) is 26.2 Å². The van der Waals surface area contributed by atoms with Gasteiger partial charge in [0.15, 0.2) is 0 Å². The minimum Gasteiger partial charge on any atom is -0.336 e. The van der Waals surface area contributed by atoms with Crippen LogP contribution in [0.3, 0.4) is 0 Å². The highest BCUT2D eigenvalue weighted by molar-refractivity contribution is 9.10. The molecule has 1 aliphatic rings. The first-order valence-electron chi connectivity index (χ1n) is 8.19. The lowest BCUT2D eigenvalue weighted by molar-refractivity contribution is -0.117. The van der Waals surface area contributed by atoms with Crippen LogP contribution in [0.15, 0.2) is 47.2 Å². The number of amides is 2. The Hall–Kier alpha value is -2.32. The second kappa shape index (κ2) is 8.37. The molecule has 0 unspecified atom stereocenters. The van der Waals surface area contributed by atoms with E-state index in [0.717, 1.165) is 4.47 Å². The van der Waals surface area contributed by atoms with Gasteiger partial charge in [0.25, 0.3) is 5.91 Å². The number of hydrogen-bond acceptors (Lipinski definition) is 4. The molecule has 0 spiro atoms. The lowest BCUT2D eigenvalue weighted by atomic mass is 10.2. The number of aromatic nitrogens is 1. The highest BCUT2D eigenvalue weighted by Crippen LogP contribution is 2.14. The standard InChI is InChI=1S/C18H18BrFN4O2/c19-14-8-13(10-21-11-14)18(26)24-6-4-23(5-7-24)12-17(25)22-16-3-1-2-15(20)9-16/h1-3,8-11H,4-7,12H2,(H,22,25). The van der Waals surface area contributed by atoms with Gasteiger partial charge in [-0.3, -0.25) is 19.5 Å². The molecule has 2 aromatic rings. The Morgan fingerprint density at radius 3 is 2.62 bits per heavy atom. The van der Waals surface area contributed by atoms with Gasteiger partial charge in [-0.05, 0) is 40.2 Å². The van der Waals surface area contributed by atoms with Gasteiger partial charge in [0.1, 0.15) is 5.82 Å². The van der Waals surface area contributed by atoms with E-state index < -0.39 is 5.82 Å². The van der Waals surface area contributed by atoms with Gasteiger partial charge >= 0.3 is 0 Å². The maximum absolute atomic E-state index is 13.2. The van der Waals surface area contributed by atoms with Crippen molar-refractivity contribution < 1.29 is 14.0 Å². The average Bonchev–Trinajstić information content (AvgIpc) is 2.61. The number of halogens is 2. The first kappa shape index (κ1) is 18.5. The second-order valence-electron chi connectivity index (χ2n) is 6.02. The molecular formula is C18H18BrFN4O2. The summed E-state index contributed by atoms with van der Waals surface area (Å²) in [4.78, 5) is 32.3. The van der Waals surface area contributed by atoms with E-state index in [1.54, 1.807) is 35.5 Å². The van der Waals surface area contributed by atoms with Crippen LogP contribution < -0.4 is 5.32 Å². The summed E-state index contributed by atoms with van der Waals surface area (Å²) in [7, 11) is 0. The smallest absolute Gasteiger partial charge is 0.255 e. The van der Waals surface area contributed by atoms with E-state index in [9.17, 15) is 14.0 Å². The quantitative estimate of drug-likeness (QED) is 0.824. The number of pyridine rings is 1. The highest BCUT2D eigenvalue weighted by Gasteiger charge is 2.23. The molecule has 0 saturated carbocycles. The van der Waals surface area contributed by atoms with Gasteiger partial charge in [0.2, 0.25) is 5.91 Å². The minimum absolute atomic E-state index is 0.0670. The van der Waals surface area contributed by atoms with Gasteiger partial charge < -0.3 is 10.2 Å². The number of carbonyl (C=O) groups excluding carboxylic acids is 2. The first-order chi connectivity index (χ1) is 12.5. The number of benzene rings is 1. The van der Waals surface area contributed by atoms with Crippen molar-refractivity contribution in [3.63, 3.8) is 0 Å². The lowest BCUT2D eigenvalue weighted by Gasteiger charge is -2.34. The van der Waals surface area contributed by atoms with E-state index in [0.29, 0.717) is 37.4 Å². The van der Waals surface area contributed by atoms with Crippen molar-refractivity contribution in [2.45, 2.75) is 0 Å². The number of piperazine rings is 1. The third kappa shape index (κ3) is 4.86. The topological polar surface area (TPSA) is 65.5 Å². The van der Waals surface area contributed by atoms with Crippen LogP contribution in [0, 0.1) is 5.82 Å². The zero-order chi connectivity index (χ0) is 18.5. The highest BCUT2D eigenvalue weighted by atomic mass is 79.9. The molecule has 1 N–H and O–H groups in total. The van der Waals surface area contributed by atoms with Gasteiger partial charge in [-0.2, -0.15) is 0 Å². The summed E-state index contributed by atoms with van der Waals surface area (Å²) in [6, 6.07) is 7.54. The SMILES string of the molecule is O=C(CN1CCN(C(=O)c2cncc(Br)c2)CC1)Nc1cccc(F)c1. The molecule has 1 fully saturated rings. The van der Waals surface area contributed by atoms with E-state index in [1.165, 1.54) is 12.1 Å². The van der Waals surface area contributed by atoms with E-state index in [4.69, 9.17) is 0 Å². The Balaban J connectivity index is 1.49. The van der Waals surface area contributed by atoms with Crippen LogP contribution in [0.5, 0.6) is 0 Å². The maximum atomic E-state index is 13.2. The van der Waals surface area contributed by atoms with Crippen LogP contribution in [0.4, 0.5) is 10.1 Å². The molecule has 2 heterocycles. The van der Waals surface area contributed by atoms with Gasteiger partial charge in [-0.25, -0.2) is 4.39 Å². The van der Waals surface area contributed by atoms with Crippen molar-refractivity contribution in [1.29, 1.82) is 0 Å². The number of rotatable bonds is 4. The van der Waals surface area contributed by atoms with Crippen LogP contribution in [0.25, 0.3) is 0 Å². The van der Waals surface area contributed by atoms with Crippen LogP contribution in [0.1, 0.15) is 10.4 Å². The molecular weight excluding hydrogens is 403 g/mol. The van der Waals surface area contributed by atoms with Crippen LogP contribution in [0.2, 0.25) is 0 Å². The predicted molar refractivity (Wildman–Crippen MR) is 99.3 cm³/mol. The Bertz CT molecular complexity index is 809. The molecule has 26 heavy (non-hydrogen) atoms. The fraction of sp³-hybridized carbons (Fsp3) is 0.278. The third-order valence-corrected chi connectivity index (χ3v) is 4.52. The van der Waals surface area contributed by atoms with Crippen LogP contribution >= 0.6 is 15.9 Å². The largest absolute Gasteiger partial charge is 0.336 e.